The lowest BCUT2D eigenvalue weighted by Gasteiger charge is -2.20. The monoisotopic (exact) mass is 181 g/mol. The van der Waals surface area contributed by atoms with Gasteiger partial charge in [0.25, 0.3) is 0 Å². The first kappa shape index (κ1) is 9.67. The van der Waals surface area contributed by atoms with Gasteiger partial charge in [0.05, 0.1) is 5.92 Å². The van der Waals surface area contributed by atoms with Gasteiger partial charge in [-0.05, 0) is 6.08 Å². The molecule has 0 spiro atoms. The molecular weight excluding hydrogens is 170 g/mol. The van der Waals surface area contributed by atoms with Crippen LogP contribution in [0, 0.1) is 11.3 Å². The molecule has 4 nitrogen and oxygen atoms in total. The van der Waals surface area contributed by atoms with Crippen LogP contribution >= 0.6 is 0 Å². The summed E-state index contributed by atoms with van der Waals surface area (Å²) in [6.45, 7) is 0. The van der Waals surface area contributed by atoms with Gasteiger partial charge in [-0.1, -0.05) is 18.2 Å². The van der Waals surface area contributed by atoms with Crippen molar-refractivity contribution in [3.8, 4) is 0 Å². The summed E-state index contributed by atoms with van der Waals surface area (Å²) in [5.41, 5.74) is 0.261. The van der Waals surface area contributed by atoms with Crippen molar-refractivity contribution < 1.29 is 14.6 Å². The topological polar surface area (TPSA) is 70.4 Å². The van der Waals surface area contributed by atoms with E-state index in [1.165, 1.54) is 7.11 Å². The van der Waals surface area contributed by atoms with Gasteiger partial charge in [0, 0.05) is 12.8 Å². The predicted octanol–water partition coefficient (Wildman–Crippen LogP) is 0.848. The van der Waals surface area contributed by atoms with Crippen molar-refractivity contribution in [2.24, 2.45) is 5.92 Å². The Kier molecular flexibility index (Phi) is 2.97. The number of hydrogen-bond acceptors (Lipinski definition) is 3. The second-order valence-electron chi connectivity index (χ2n) is 2.72. The summed E-state index contributed by atoms with van der Waals surface area (Å²) < 4.78 is 4.80. The van der Waals surface area contributed by atoms with Gasteiger partial charge in [0.2, 0.25) is 0 Å². The standard InChI is InChI=1S/C9H11NO3/c1-13-8(9(11)12)6-4-2-3-5-7(6)10/h2-6,8,10H,1H3,(H,11,12). The second-order valence-corrected chi connectivity index (χ2v) is 2.72. The minimum absolute atomic E-state index is 0.261. The first-order chi connectivity index (χ1) is 6.16. The summed E-state index contributed by atoms with van der Waals surface area (Å²) in [6, 6.07) is 0. The van der Waals surface area contributed by atoms with E-state index < -0.39 is 18.0 Å². The van der Waals surface area contributed by atoms with Gasteiger partial charge < -0.3 is 15.3 Å². The molecule has 0 aromatic carbocycles. The lowest BCUT2D eigenvalue weighted by Crippen LogP contribution is -2.35. The summed E-state index contributed by atoms with van der Waals surface area (Å²) in [4.78, 5) is 10.7. The molecule has 1 rings (SSSR count). The summed E-state index contributed by atoms with van der Waals surface area (Å²) in [6.07, 6.45) is 5.68. The van der Waals surface area contributed by atoms with Gasteiger partial charge in [-0.25, -0.2) is 4.79 Å². The zero-order chi connectivity index (χ0) is 9.84. The van der Waals surface area contributed by atoms with E-state index in [1.54, 1.807) is 24.3 Å². The highest BCUT2D eigenvalue weighted by Crippen LogP contribution is 2.15. The van der Waals surface area contributed by atoms with Gasteiger partial charge in [-0.2, -0.15) is 0 Å². The van der Waals surface area contributed by atoms with Gasteiger partial charge in [-0.3, -0.25) is 0 Å². The Morgan fingerprint density at radius 3 is 2.85 bits per heavy atom. The maximum atomic E-state index is 10.7. The van der Waals surface area contributed by atoms with E-state index in [0.29, 0.717) is 0 Å². The van der Waals surface area contributed by atoms with Crippen molar-refractivity contribution in [1.29, 1.82) is 5.41 Å². The molecule has 0 radical (unpaired) electrons. The molecule has 0 aromatic heterocycles. The highest BCUT2D eigenvalue weighted by atomic mass is 16.5. The third-order valence-corrected chi connectivity index (χ3v) is 1.89. The number of allylic oxidation sites excluding steroid dienone is 3. The Morgan fingerprint density at radius 1 is 1.69 bits per heavy atom. The van der Waals surface area contributed by atoms with Crippen LogP contribution in [0.5, 0.6) is 0 Å². The molecular formula is C9H11NO3. The van der Waals surface area contributed by atoms with Crippen LogP contribution < -0.4 is 0 Å². The molecule has 0 aromatic rings. The van der Waals surface area contributed by atoms with Crippen molar-refractivity contribution in [3.63, 3.8) is 0 Å². The number of hydrogen-bond donors (Lipinski definition) is 2. The molecule has 4 heteroatoms. The highest BCUT2D eigenvalue weighted by Gasteiger charge is 2.29. The quantitative estimate of drug-likeness (QED) is 0.678. The third kappa shape index (κ3) is 2.03. The van der Waals surface area contributed by atoms with Crippen LogP contribution in [0.25, 0.3) is 0 Å². The molecule has 1 aliphatic rings. The van der Waals surface area contributed by atoms with Crippen molar-refractivity contribution in [3.05, 3.63) is 24.3 Å². The first-order valence-electron chi connectivity index (χ1n) is 3.85. The number of carboxylic acids is 1. The van der Waals surface area contributed by atoms with Crippen molar-refractivity contribution >= 4 is 11.7 Å². The summed E-state index contributed by atoms with van der Waals surface area (Å²) >= 11 is 0. The molecule has 1 aliphatic carbocycles. The molecule has 0 bridgehead atoms. The van der Waals surface area contributed by atoms with E-state index in [0.717, 1.165) is 0 Å². The van der Waals surface area contributed by atoms with E-state index in [2.05, 4.69) is 0 Å². The normalized spacial score (nSPS) is 23.2. The fraction of sp³-hybridized carbons (Fsp3) is 0.333. The number of carbonyl (C=O) groups is 1. The Balaban J connectivity index is 2.80. The number of methoxy groups -OCH3 is 1. The van der Waals surface area contributed by atoms with Gasteiger partial charge in [-0.15, -0.1) is 0 Å². The maximum absolute atomic E-state index is 10.7. The molecule has 70 valence electrons. The minimum atomic E-state index is -1.04. The summed E-state index contributed by atoms with van der Waals surface area (Å²) in [5, 5.41) is 16.3. The van der Waals surface area contributed by atoms with Gasteiger partial charge >= 0.3 is 5.97 Å². The average Bonchev–Trinajstić information content (AvgIpc) is 2.09. The van der Waals surface area contributed by atoms with Crippen molar-refractivity contribution in [1.82, 2.24) is 0 Å². The zero-order valence-corrected chi connectivity index (χ0v) is 7.23. The molecule has 0 aliphatic heterocycles. The largest absolute Gasteiger partial charge is 0.479 e. The van der Waals surface area contributed by atoms with Gasteiger partial charge in [0.15, 0.2) is 6.10 Å². The molecule has 0 heterocycles. The van der Waals surface area contributed by atoms with Crippen molar-refractivity contribution in [2.45, 2.75) is 6.10 Å². The van der Waals surface area contributed by atoms with Crippen LogP contribution in [0.4, 0.5) is 0 Å². The van der Waals surface area contributed by atoms with Gasteiger partial charge in [0.1, 0.15) is 0 Å². The Morgan fingerprint density at radius 2 is 2.38 bits per heavy atom. The summed E-state index contributed by atoms with van der Waals surface area (Å²) in [5.74, 6) is -1.52. The SMILES string of the molecule is COC(C(=O)O)C1C=CC=CC1=N. The van der Waals surface area contributed by atoms with Crippen LogP contribution in [0.2, 0.25) is 0 Å². The molecule has 2 N–H and O–H groups in total. The smallest absolute Gasteiger partial charge is 0.333 e. The fourth-order valence-corrected chi connectivity index (χ4v) is 1.22. The number of carboxylic acid groups (broad SMARTS) is 1. The average molecular weight is 181 g/mol. The lowest BCUT2D eigenvalue weighted by molar-refractivity contribution is -0.149. The first-order valence-corrected chi connectivity index (χ1v) is 3.85. The van der Waals surface area contributed by atoms with Crippen LogP contribution in [-0.2, 0) is 9.53 Å². The zero-order valence-electron chi connectivity index (χ0n) is 7.23. The number of nitrogens with one attached hydrogen (secondary N) is 1. The van der Waals surface area contributed by atoms with E-state index in [9.17, 15) is 4.79 Å². The van der Waals surface area contributed by atoms with E-state index in [-0.39, 0.29) is 5.71 Å². The molecule has 0 fully saturated rings. The highest BCUT2D eigenvalue weighted by molar-refractivity contribution is 5.99. The Hall–Kier alpha value is -1.42. The fourth-order valence-electron chi connectivity index (χ4n) is 1.22. The van der Waals surface area contributed by atoms with E-state index in [4.69, 9.17) is 15.3 Å². The molecule has 2 unspecified atom stereocenters. The maximum Gasteiger partial charge on any atom is 0.333 e. The number of rotatable bonds is 3. The van der Waals surface area contributed by atoms with Crippen molar-refractivity contribution in [2.75, 3.05) is 7.11 Å². The molecule has 0 saturated carbocycles. The molecule has 2 atom stereocenters. The van der Waals surface area contributed by atoms with Crippen LogP contribution in [-0.4, -0.2) is 30.0 Å². The third-order valence-electron chi connectivity index (χ3n) is 1.89. The van der Waals surface area contributed by atoms with E-state index >= 15 is 0 Å². The number of ether oxygens (including phenoxy) is 1. The molecule has 0 saturated heterocycles. The molecule has 0 amide bonds. The van der Waals surface area contributed by atoms with Crippen LogP contribution in [0.3, 0.4) is 0 Å². The molecule has 13 heavy (non-hydrogen) atoms. The second kappa shape index (κ2) is 4.00. The summed E-state index contributed by atoms with van der Waals surface area (Å²) in [7, 11) is 1.33. The van der Waals surface area contributed by atoms with E-state index in [1.807, 2.05) is 0 Å². The minimum Gasteiger partial charge on any atom is -0.479 e. The predicted molar refractivity (Wildman–Crippen MR) is 47.9 cm³/mol. The Labute approximate surface area is 76.0 Å². The lowest BCUT2D eigenvalue weighted by atomic mass is 9.93. The van der Waals surface area contributed by atoms with Crippen LogP contribution in [0.15, 0.2) is 24.3 Å². The van der Waals surface area contributed by atoms with Crippen LogP contribution in [0.1, 0.15) is 0 Å². The number of aliphatic carboxylic acids is 1. The Bertz CT molecular complexity index is 281.